The Kier molecular flexibility index (Phi) is 8.22. The summed E-state index contributed by atoms with van der Waals surface area (Å²) < 4.78 is 32.9. The normalized spacial score (nSPS) is 17.3. The summed E-state index contributed by atoms with van der Waals surface area (Å²) in [6.07, 6.45) is 1.25. The van der Waals surface area contributed by atoms with Crippen molar-refractivity contribution in [1.82, 2.24) is 9.62 Å². The fraction of sp³-hybridized carbons (Fsp3) is 0.409. The van der Waals surface area contributed by atoms with Crippen molar-refractivity contribution in [2.75, 3.05) is 19.7 Å². The lowest BCUT2D eigenvalue weighted by atomic mass is 9.98. The summed E-state index contributed by atoms with van der Waals surface area (Å²) in [7, 11) is -3.66. The van der Waals surface area contributed by atoms with Gasteiger partial charge < -0.3 is 10.1 Å². The Hall–Kier alpha value is -1.80. The van der Waals surface area contributed by atoms with Crippen molar-refractivity contribution in [3.63, 3.8) is 0 Å². The monoisotopic (exact) mass is 484 g/mol. The Balaban J connectivity index is 1.64. The van der Waals surface area contributed by atoms with E-state index < -0.39 is 15.9 Å². The van der Waals surface area contributed by atoms with Crippen molar-refractivity contribution in [3.05, 3.63) is 63.6 Å². The second-order valence-electron chi connectivity index (χ2n) is 7.41. The minimum absolute atomic E-state index is 0.142. The molecule has 1 N–H and O–H groups in total. The standard InChI is InChI=1S/C22H26Cl2N2O4S/c1-2-30-21-11-4-3-7-16(21)13-25-22(27)17-8-6-12-26(14-17)31(28,29)15-18-19(23)9-5-10-20(18)24/h3-5,7,9-11,17H,2,6,8,12-15H2,1H3,(H,25,27)/t17-/m1/s1. The molecule has 6 nitrogen and oxygen atoms in total. The van der Waals surface area contributed by atoms with Gasteiger partial charge in [0.25, 0.3) is 0 Å². The molecule has 3 rings (SSSR count). The van der Waals surface area contributed by atoms with Crippen molar-refractivity contribution in [1.29, 1.82) is 0 Å². The molecular weight excluding hydrogens is 459 g/mol. The maximum absolute atomic E-state index is 13.0. The molecule has 2 aromatic rings. The number of ether oxygens (including phenoxy) is 1. The molecule has 1 saturated heterocycles. The SMILES string of the molecule is CCOc1ccccc1CNC(=O)[C@@H]1CCCN(S(=O)(=O)Cc2c(Cl)cccc2Cl)C1. The van der Waals surface area contributed by atoms with Crippen molar-refractivity contribution < 1.29 is 17.9 Å². The molecule has 0 aromatic heterocycles. The van der Waals surface area contributed by atoms with E-state index in [9.17, 15) is 13.2 Å². The lowest BCUT2D eigenvalue weighted by molar-refractivity contribution is -0.126. The van der Waals surface area contributed by atoms with Crippen LogP contribution in [-0.4, -0.2) is 38.3 Å². The predicted octanol–water partition coefficient (Wildman–Crippen LogP) is 4.25. The Bertz CT molecular complexity index is 1010. The number of halogens is 2. The fourth-order valence-electron chi connectivity index (χ4n) is 3.63. The van der Waals surface area contributed by atoms with Gasteiger partial charge in [0.15, 0.2) is 0 Å². The van der Waals surface area contributed by atoms with Gasteiger partial charge >= 0.3 is 0 Å². The minimum Gasteiger partial charge on any atom is -0.494 e. The predicted molar refractivity (Wildman–Crippen MR) is 123 cm³/mol. The molecule has 0 radical (unpaired) electrons. The zero-order valence-corrected chi connectivity index (χ0v) is 19.6. The van der Waals surface area contributed by atoms with Gasteiger partial charge in [-0.3, -0.25) is 4.79 Å². The number of rotatable bonds is 8. The number of carbonyl (C=O) groups is 1. The number of amides is 1. The first-order chi connectivity index (χ1) is 14.8. The van der Waals surface area contributed by atoms with Crippen LogP contribution in [0.3, 0.4) is 0 Å². The van der Waals surface area contributed by atoms with E-state index in [4.69, 9.17) is 27.9 Å². The second kappa shape index (κ2) is 10.7. The minimum atomic E-state index is -3.66. The lowest BCUT2D eigenvalue weighted by Crippen LogP contribution is -2.45. The van der Waals surface area contributed by atoms with Crippen LogP contribution >= 0.6 is 23.2 Å². The topological polar surface area (TPSA) is 75.7 Å². The summed E-state index contributed by atoms with van der Waals surface area (Å²) >= 11 is 12.3. The second-order valence-corrected chi connectivity index (χ2v) is 10.2. The van der Waals surface area contributed by atoms with Gasteiger partial charge in [0.05, 0.1) is 18.3 Å². The Morgan fingerprint density at radius 1 is 1.16 bits per heavy atom. The average molecular weight is 485 g/mol. The van der Waals surface area contributed by atoms with E-state index in [2.05, 4.69) is 5.32 Å². The van der Waals surface area contributed by atoms with E-state index in [-0.39, 0.29) is 18.2 Å². The van der Waals surface area contributed by atoms with Crippen LogP contribution in [0.1, 0.15) is 30.9 Å². The summed E-state index contributed by atoms with van der Waals surface area (Å²) in [4.78, 5) is 12.8. The van der Waals surface area contributed by atoms with E-state index in [0.717, 1.165) is 11.3 Å². The van der Waals surface area contributed by atoms with Crippen LogP contribution in [-0.2, 0) is 27.1 Å². The summed E-state index contributed by atoms with van der Waals surface area (Å²) in [5, 5.41) is 3.56. The Morgan fingerprint density at radius 2 is 1.87 bits per heavy atom. The highest BCUT2D eigenvalue weighted by atomic mass is 35.5. The molecule has 0 bridgehead atoms. The number of carbonyl (C=O) groups excluding carboxylic acids is 1. The molecular formula is C22H26Cl2N2O4S. The molecule has 1 fully saturated rings. The van der Waals surface area contributed by atoms with Gasteiger partial charge in [-0.15, -0.1) is 0 Å². The molecule has 0 saturated carbocycles. The van der Waals surface area contributed by atoms with E-state index in [1.807, 2.05) is 31.2 Å². The van der Waals surface area contributed by atoms with Gasteiger partial charge in [-0.05, 0) is 38.0 Å². The zero-order chi connectivity index (χ0) is 22.4. The van der Waals surface area contributed by atoms with E-state index in [1.54, 1.807) is 18.2 Å². The molecule has 31 heavy (non-hydrogen) atoms. The van der Waals surface area contributed by atoms with Crippen molar-refractivity contribution >= 4 is 39.1 Å². The highest BCUT2D eigenvalue weighted by Gasteiger charge is 2.33. The number of nitrogens with zero attached hydrogens (tertiary/aromatic N) is 1. The first-order valence-corrected chi connectivity index (χ1v) is 12.6. The fourth-order valence-corrected chi connectivity index (χ4v) is 5.99. The molecule has 168 valence electrons. The molecule has 9 heteroatoms. The number of para-hydroxylation sites is 1. The summed E-state index contributed by atoms with van der Waals surface area (Å²) in [5.41, 5.74) is 1.26. The number of nitrogens with one attached hydrogen (secondary N) is 1. The third-order valence-corrected chi connectivity index (χ3v) is 7.74. The van der Waals surface area contributed by atoms with Crippen molar-refractivity contribution in [2.24, 2.45) is 5.92 Å². The zero-order valence-electron chi connectivity index (χ0n) is 17.3. The highest BCUT2D eigenvalue weighted by Crippen LogP contribution is 2.29. The quantitative estimate of drug-likeness (QED) is 0.607. The molecule has 1 heterocycles. The van der Waals surface area contributed by atoms with Gasteiger partial charge in [0.1, 0.15) is 5.75 Å². The van der Waals surface area contributed by atoms with Crippen LogP contribution in [0.4, 0.5) is 0 Å². The van der Waals surface area contributed by atoms with Crippen molar-refractivity contribution in [2.45, 2.75) is 32.1 Å². The van der Waals surface area contributed by atoms with Crippen LogP contribution in [0, 0.1) is 5.92 Å². The summed E-state index contributed by atoms with van der Waals surface area (Å²) in [6, 6.07) is 12.4. The molecule has 1 amide bonds. The molecule has 0 spiro atoms. The number of hydrogen-bond acceptors (Lipinski definition) is 4. The van der Waals surface area contributed by atoms with E-state index >= 15 is 0 Å². The van der Waals surface area contributed by atoms with Crippen LogP contribution in [0.2, 0.25) is 10.0 Å². The molecule has 1 aliphatic rings. The van der Waals surface area contributed by atoms with Gasteiger partial charge in [-0.2, -0.15) is 0 Å². The number of piperidine rings is 1. The number of sulfonamides is 1. The molecule has 1 atom stereocenters. The van der Waals surface area contributed by atoms with Gasteiger partial charge in [0.2, 0.25) is 15.9 Å². The first kappa shape index (κ1) is 23.9. The number of benzene rings is 2. The lowest BCUT2D eigenvalue weighted by Gasteiger charge is -2.31. The molecule has 1 aliphatic heterocycles. The highest BCUT2D eigenvalue weighted by molar-refractivity contribution is 7.88. The van der Waals surface area contributed by atoms with Crippen LogP contribution in [0.5, 0.6) is 5.75 Å². The summed E-state index contributed by atoms with van der Waals surface area (Å²) in [5.74, 6) is -0.136. The van der Waals surface area contributed by atoms with E-state index in [0.29, 0.717) is 48.1 Å². The Morgan fingerprint density at radius 3 is 2.58 bits per heavy atom. The van der Waals surface area contributed by atoms with Gasteiger partial charge in [-0.1, -0.05) is 47.5 Å². The Labute approximate surface area is 193 Å². The third kappa shape index (κ3) is 6.13. The summed E-state index contributed by atoms with van der Waals surface area (Å²) in [6.45, 7) is 3.29. The van der Waals surface area contributed by atoms with Crippen LogP contribution in [0.15, 0.2) is 42.5 Å². The van der Waals surface area contributed by atoms with E-state index in [1.165, 1.54) is 4.31 Å². The maximum atomic E-state index is 13.0. The molecule has 2 aromatic carbocycles. The smallest absolute Gasteiger partial charge is 0.224 e. The molecule has 0 unspecified atom stereocenters. The van der Waals surface area contributed by atoms with Crippen molar-refractivity contribution in [3.8, 4) is 5.75 Å². The average Bonchev–Trinajstić information content (AvgIpc) is 2.76. The van der Waals surface area contributed by atoms with Crippen LogP contribution in [0.25, 0.3) is 0 Å². The van der Waals surface area contributed by atoms with Gasteiger partial charge in [0, 0.05) is 40.8 Å². The molecule has 0 aliphatic carbocycles. The first-order valence-electron chi connectivity index (χ1n) is 10.2. The maximum Gasteiger partial charge on any atom is 0.224 e. The third-order valence-electron chi connectivity index (χ3n) is 5.26. The van der Waals surface area contributed by atoms with Gasteiger partial charge in [-0.25, -0.2) is 12.7 Å². The van der Waals surface area contributed by atoms with Crippen LogP contribution < -0.4 is 10.1 Å². The number of hydrogen-bond donors (Lipinski definition) is 1. The largest absolute Gasteiger partial charge is 0.494 e.